The summed E-state index contributed by atoms with van der Waals surface area (Å²) in [4.78, 5) is 23.8. The molecule has 1 spiro atoms. The second-order valence-electron chi connectivity index (χ2n) is 6.05. The van der Waals surface area contributed by atoms with Gasteiger partial charge in [0.2, 0.25) is 5.91 Å². The fourth-order valence-corrected chi connectivity index (χ4v) is 3.45. The lowest BCUT2D eigenvalue weighted by Gasteiger charge is -2.43. The maximum atomic E-state index is 12.5. The van der Waals surface area contributed by atoms with Crippen molar-refractivity contribution >= 4 is 23.3 Å². The molecule has 1 aliphatic carbocycles. The minimum atomic E-state index is -1.03. The average molecular weight is 288 g/mol. The summed E-state index contributed by atoms with van der Waals surface area (Å²) in [5.41, 5.74) is 0.656. The third-order valence-electron chi connectivity index (χ3n) is 4.88. The molecule has 1 aromatic carbocycles. The van der Waals surface area contributed by atoms with E-state index in [2.05, 4.69) is 17.6 Å². The highest BCUT2D eigenvalue weighted by atomic mass is 16.4. The van der Waals surface area contributed by atoms with E-state index in [9.17, 15) is 14.7 Å². The Balaban J connectivity index is 1.92. The molecule has 1 fully saturated rings. The molecule has 0 radical (unpaired) electrons. The first-order valence-corrected chi connectivity index (χ1v) is 7.51. The lowest BCUT2D eigenvalue weighted by Crippen LogP contribution is -2.54. The zero-order valence-electron chi connectivity index (χ0n) is 12.1. The minimum Gasteiger partial charge on any atom is -0.478 e. The third-order valence-corrected chi connectivity index (χ3v) is 4.88. The lowest BCUT2D eigenvalue weighted by molar-refractivity contribution is -0.121. The zero-order chi connectivity index (χ0) is 15.0. The Morgan fingerprint density at radius 1 is 1.38 bits per heavy atom. The molecule has 0 aromatic heterocycles. The maximum Gasteiger partial charge on any atom is 0.337 e. The Kier molecular flexibility index (Phi) is 3.35. The largest absolute Gasteiger partial charge is 0.478 e. The number of amides is 1. The van der Waals surface area contributed by atoms with Crippen molar-refractivity contribution in [1.29, 1.82) is 0 Å². The molecule has 112 valence electrons. The van der Waals surface area contributed by atoms with Crippen LogP contribution in [0, 0.1) is 5.92 Å². The standard InChI is InChI=1S/C16H20N2O3/c1-2-10-6-8-16(9-7-10)15(21)17-13-11(14(19)20)4-3-5-12(13)18-16/h3-5,10,18H,2,6-9H2,1H3,(H,17,21)(H,19,20). The second-order valence-corrected chi connectivity index (χ2v) is 6.05. The van der Waals surface area contributed by atoms with Gasteiger partial charge in [-0.15, -0.1) is 0 Å². The predicted octanol–water partition coefficient (Wildman–Crippen LogP) is 3.09. The van der Waals surface area contributed by atoms with Crippen LogP contribution in [-0.2, 0) is 4.79 Å². The number of carbonyl (C=O) groups excluding carboxylic acids is 1. The normalized spacial score (nSPS) is 27.7. The molecule has 3 rings (SSSR count). The van der Waals surface area contributed by atoms with Gasteiger partial charge < -0.3 is 15.7 Å². The minimum absolute atomic E-state index is 0.0988. The number of anilines is 2. The highest BCUT2D eigenvalue weighted by molar-refractivity contribution is 6.11. The lowest BCUT2D eigenvalue weighted by atomic mass is 9.74. The van der Waals surface area contributed by atoms with Gasteiger partial charge in [0.15, 0.2) is 0 Å². The number of rotatable bonds is 2. The van der Waals surface area contributed by atoms with Crippen molar-refractivity contribution in [3.63, 3.8) is 0 Å². The molecular formula is C16H20N2O3. The van der Waals surface area contributed by atoms with Gasteiger partial charge in [-0.2, -0.15) is 0 Å². The van der Waals surface area contributed by atoms with Crippen molar-refractivity contribution in [3.8, 4) is 0 Å². The van der Waals surface area contributed by atoms with E-state index in [4.69, 9.17) is 0 Å². The van der Waals surface area contributed by atoms with E-state index in [1.54, 1.807) is 6.07 Å². The SMILES string of the molecule is CCC1CCC2(CC1)Nc1cccc(C(=O)O)c1NC2=O. The fourth-order valence-electron chi connectivity index (χ4n) is 3.45. The number of benzene rings is 1. The smallest absolute Gasteiger partial charge is 0.337 e. The van der Waals surface area contributed by atoms with Crippen LogP contribution < -0.4 is 10.6 Å². The summed E-state index contributed by atoms with van der Waals surface area (Å²) in [6.45, 7) is 2.19. The monoisotopic (exact) mass is 288 g/mol. The van der Waals surface area contributed by atoms with Crippen LogP contribution in [0.2, 0.25) is 0 Å². The van der Waals surface area contributed by atoms with Gasteiger partial charge in [-0.25, -0.2) is 4.79 Å². The van der Waals surface area contributed by atoms with E-state index in [1.807, 2.05) is 6.07 Å². The van der Waals surface area contributed by atoms with Crippen LogP contribution in [0.15, 0.2) is 18.2 Å². The number of hydrogen-bond donors (Lipinski definition) is 3. The molecule has 0 atom stereocenters. The van der Waals surface area contributed by atoms with Crippen LogP contribution in [0.25, 0.3) is 0 Å². The van der Waals surface area contributed by atoms with Crippen LogP contribution in [-0.4, -0.2) is 22.5 Å². The van der Waals surface area contributed by atoms with Crippen LogP contribution >= 0.6 is 0 Å². The molecule has 5 heteroatoms. The van der Waals surface area contributed by atoms with Crippen LogP contribution in [0.3, 0.4) is 0 Å². The summed E-state index contributed by atoms with van der Waals surface area (Å²) in [5, 5.41) is 15.4. The van der Waals surface area contributed by atoms with E-state index < -0.39 is 11.5 Å². The number of carbonyl (C=O) groups is 2. The van der Waals surface area contributed by atoms with E-state index in [0.29, 0.717) is 17.3 Å². The number of hydrogen-bond acceptors (Lipinski definition) is 3. The molecule has 1 aromatic rings. The van der Waals surface area contributed by atoms with Crippen LogP contribution in [0.5, 0.6) is 0 Å². The Morgan fingerprint density at radius 2 is 2.10 bits per heavy atom. The van der Waals surface area contributed by atoms with Gasteiger partial charge in [-0.3, -0.25) is 4.79 Å². The zero-order valence-corrected chi connectivity index (χ0v) is 12.1. The summed E-state index contributed by atoms with van der Waals surface area (Å²) >= 11 is 0. The average Bonchev–Trinajstić information content (AvgIpc) is 2.48. The number of nitrogens with one attached hydrogen (secondary N) is 2. The number of carboxylic acid groups (broad SMARTS) is 1. The van der Waals surface area contributed by atoms with Crippen molar-refractivity contribution < 1.29 is 14.7 Å². The molecule has 0 saturated heterocycles. The summed E-state index contributed by atoms with van der Waals surface area (Å²) in [5.74, 6) is -0.435. The number of para-hydroxylation sites is 1. The second kappa shape index (κ2) is 5.06. The molecule has 1 amide bonds. The highest BCUT2D eigenvalue weighted by Gasteiger charge is 2.45. The van der Waals surface area contributed by atoms with Crippen molar-refractivity contribution in [2.24, 2.45) is 5.92 Å². The Morgan fingerprint density at radius 3 is 2.71 bits per heavy atom. The summed E-state index contributed by atoms with van der Waals surface area (Å²) in [7, 11) is 0. The van der Waals surface area contributed by atoms with Crippen LogP contribution in [0.1, 0.15) is 49.4 Å². The van der Waals surface area contributed by atoms with Crippen molar-refractivity contribution in [2.45, 2.75) is 44.6 Å². The van der Waals surface area contributed by atoms with Crippen molar-refractivity contribution in [2.75, 3.05) is 10.6 Å². The quantitative estimate of drug-likeness (QED) is 0.781. The number of carboxylic acids is 1. The molecule has 0 unspecified atom stereocenters. The Labute approximate surface area is 123 Å². The van der Waals surface area contributed by atoms with Gasteiger partial charge in [0.05, 0.1) is 16.9 Å². The summed E-state index contributed by atoms with van der Waals surface area (Å²) in [6, 6.07) is 5.04. The van der Waals surface area contributed by atoms with Crippen LogP contribution in [0.4, 0.5) is 11.4 Å². The molecule has 1 aliphatic heterocycles. The number of aromatic carboxylic acids is 1. The van der Waals surface area contributed by atoms with E-state index >= 15 is 0 Å². The molecule has 21 heavy (non-hydrogen) atoms. The molecule has 5 nitrogen and oxygen atoms in total. The topological polar surface area (TPSA) is 78.4 Å². The molecule has 1 heterocycles. The molecule has 3 N–H and O–H groups in total. The molecule has 1 saturated carbocycles. The number of fused-ring (bicyclic) bond motifs is 1. The molecule has 2 aliphatic rings. The van der Waals surface area contributed by atoms with E-state index in [0.717, 1.165) is 32.1 Å². The molecule has 0 bridgehead atoms. The van der Waals surface area contributed by atoms with Gasteiger partial charge in [0, 0.05) is 0 Å². The fraction of sp³-hybridized carbons (Fsp3) is 0.500. The Hall–Kier alpha value is -2.04. The summed E-state index contributed by atoms with van der Waals surface area (Å²) in [6.07, 6.45) is 4.81. The van der Waals surface area contributed by atoms with Gasteiger partial charge in [-0.05, 0) is 43.7 Å². The predicted molar refractivity (Wildman–Crippen MR) is 80.6 cm³/mol. The maximum absolute atomic E-state index is 12.5. The van der Waals surface area contributed by atoms with Crippen molar-refractivity contribution in [3.05, 3.63) is 23.8 Å². The van der Waals surface area contributed by atoms with E-state index in [1.165, 1.54) is 6.07 Å². The first-order chi connectivity index (χ1) is 10.1. The van der Waals surface area contributed by atoms with Gasteiger partial charge in [0.25, 0.3) is 0 Å². The molecular weight excluding hydrogens is 268 g/mol. The summed E-state index contributed by atoms with van der Waals surface area (Å²) < 4.78 is 0. The Bertz CT molecular complexity index is 589. The van der Waals surface area contributed by atoms with E-state index in [-0.39, 0.29) is 11.5 Å². The van der Waals surface area contributed by atoms with Gasteiger partial charge in [0.1, 0.15) is 5.54 Å². The first kappa shape index (κ1) is 13.9. The highest BCUT2D eigenvalue weighted by Crippen LogP contribution is 2.42. The third kappa shape index (κ3) is 2.26. The van der Waals surface area contributed by atoms with Gasteiger partial charge in [-0.1, -0.05) is 19.4 Å². The van der Waals surface area contributed by atoms with Crippen molar-refractivity contribution in [1.82, 2.24) is 0 Å². The van der Waals surface area contributed by atoms with Gasteiger partial charge >= 0.3 is 5.97 Å². The first-order valence-electron chi connectivity index (χ1n) is 7.51.